The Morgan fingerprint density at radius 1 is 1.19 bits per heavy atom. The summed E-state index contributed by atoms with van der Waals surface area (Å²) in [5, 5.41) is 14.4. The van der Waals surface area contributed by atoms with Crippen molar-refractivity contribution in [1.29, 1.82) is 0 Å². The average molecular weight is 292 g/mol. The van der Waals surface area contributed by atoms with E-state index in [9.17, 15) is 9.59 Å². The lowest BCUT2D eigenvalue weighted by Crippen LogP contribution is -2.48. The fourth-order valence-corrected chi connectivity index (χ4v) is 1.85. The Balaban J connectivity index is 2.54. The molecule has 0 saturated carbocycles. The first-order valence-electron chi connectivity index (χ1n) is 7.00. The number of aliphatic carboxylic acids is 1. The first kappa shape index (κ1) is 17.0. The van der Waals surface area contributed by atoms with Gasteiger partial charge >= 0.3 is 12.0 Å². The van der Waals surface area contributed by atoms with Gasteiger partial charge in [-0.15, -0.1) is 0 Å². The Hall–Kier alpha value is -2.04. The van der Waals surface area contributed by atoms with Gasteiger partial charge in [-0.1, -0.05) is 50.6 Å². The number of amides is 2. The Morgan fingerprint density at radius 2 is 1.76 bits per heavy atom. The van der Waals surface area contributed by atoms with Crippen molar-refractivity contribution in [3.05, 3.63) is 35.4 Å². The van der Waals surface area contributed by atoms with E-state index in [0.717, 1.165) is 11.1 Å². The van der Waals surface area contributed by atoms with E-state index in [-0.39, 0.29) is 17.9 Å². The molecule has 116 valence electrons. The zero-order valence-corrected chi connectivity index (χ0v) is 13.1. The maximum absolute atomic E-state index is 11.9. The van der Waals surface area contributed by atoms with Crippen molar-refractivity contribution >= 4 is 12.0 Å². The molecule has 0 saturated heterocycles. The molecule has 1 rings (SSSR count). The topological polar surface area (TPSA) is 78.4 Å². The summed E-state index contributed by atoms with van der Waals surface area (Å²) in [4.78, 5) is 22.8. The number of hydrogen-bond donors (Lipinski definition) is 3. The molecule has 5 nitrogen and oxygen atoms in total. The van der Waals surface area contributed by atoms with E-state index >= 15 is 0 Å². The van der Waals surface area contributed by atoms with Crippen molar-refractivity contribution in [2.45, 2.75) is 46.7 Å². The van der Waals surface area contributed by atoms with E-state index in [1.165, 1.54) is 0 Å². The number of carboxylic acid groups (broad SMARTS) is 1. The highest BCUT2D eigenvalue weighted by atomic mass is 16.4. The number of nitrogens with one attached hydrogen (secondary N) is 2. The van der Waals surface area contributed by atoms with Gasteiger partial charge in [0.15, 0.2) is 0 Å². The molecule has 0 radical (unpaired) electrons. The Bertz CT molecular complexity index is 489. The van der Waals surface area contributed by atoms with Crippen LogP contribution in [0.1, 0.15) is 38.3 Å². The van der Waals surface area contributed by atoms with Crippen LogP contribution in [-0.2, 0) is 11.3 Å². The van der Waals surface area contributed by atoms with Crippen molar-refractivity contribution in [1.82, 2.24) is 10.6 Å². The lowest BCUT2D eigenvalue weighted by molar-refractivity contribution is -0.138. The number of urea groups is 1. The largest absolute Gasteiger partial charge is 0.481 e. The van der Waals surface area contributed by atoms with Crippen LogP contribution in [0.25, 0.3) is 0 Å². The number of carboxylic acids is 1. The summed E-state index contributed by atoms with van der Waals surface area (Å²) in [5.74, 6) is -0.922. The van der Waals surface area contributed by atoms with Crippen LogP contribution in [0.5, 0.6) is 0 Å². The lowest BCUT2D eigenvalue weighted by atomic mass is 9.85. The zero-order chi connectivity index (χ0) is 16.0. The van der Waals surface area contributed by atoms with E-state index in [0.29, 0.717) is 6.54 Å². The van der Waals surface area contributed by atoms with E-state index in [4.69, 9.17) is 5.11 Å². The minimum Gasteiger partial charge on any atom is -0.481 e. The van der Waals surface area contributed by atoms with Gasteiger partial charge in [-0.25, -0.2) is 4.79 Å². The standard InChI is InChI=1S/C16H24N2O3/c1-11-5-7-12(8-6-11)10-17-15(21)18-13(9-14(19)20)16(2,3)4/h5-8,13H,9-10H2,1-4H3,(H,19,20)(H2,17,18,21). The molecular formula is C16H24N2O3. The normalized spacial score (nSPS) is 12.6. The van der Waals surface area contributed by atoms with Gasteiger partial charge in [-0.3, -0.25) is 4.79 Å². The number of carbonyl (C=O) groups excluding carboxylic acids is 1. The molecule has 2 amide bonds. The molecule has 0 spiro atoms. The van der Waals surface area contributed by atoms with Gasteiger partial charge in [0.05, 0.1) is 6.42 Å². The molecule has 0 heterocycles. The summed E-state index contributed by atoms with van der Waals surface area (Å²) in [6.45, 7) is 8.13. The highest BCUT2D eigenvalue weighted by molar-refractivity contribution is 5.75. The van der Waals surface area contributed by atoms with Gasteiger partial charge in [0, 0.05) is 12.6 Å². The third-order valence-corrected chi connectivity index (χ3v) is 3.30. The Kier molecular flexibility index (Phi) is 5.76. The van der Waals surface area contributed by atoms with Crippen molar-refractivity contribution in [2.75, 3.05) is 0 Å². The highest BCUT2D eigenvalue weighted by Crippen LogP contribution is 2.21. The Labute approximate surface area is 125 Å². The Morgan fingerprint density at radius 3 is 2.24 bits per heavy atom. The average Bonchev–Trinajstić information content (AvgIpc) is 2.36. The van der Waals surface area contributed by atoms with Crippen molar-refractivity contribution in [2.24, 2.45) is 5.41 Å². The van der Waals surface area contributed by atoms with Crippen LogP contribution in [0.2, 0.25) is 0 Å². The first-order valence-corrected chi connectivity index (χ1v) is 7.00. The maximum Gasteiger partial charge on any atom is 0.315 e. The number of carbonyl (C=O) groups is 2. The molecule has 0 aliphatic carbocycles. The number of hydrogen-bond acceptors (Lipinski definition) is 2. The smallest absolute Gasteiger partial charge is 0.315 e. The molecule has 0 fully saturated rings. The summed E-state index contributed by atoms with van der Waals surface area (Å²) >= 11 is 0. The molecule has 21 heavy (non-hydrogen) atoms. The fraction of sp³-hybridized carbons (Fsp3) is 0.500. The van der Waals surface area contributed by atoms with Crippen LogP contribution in [0, 0.1) is 12.3 Å². The minimum atomic E-state index is -0.922. The molecule has 1 aromatic carbocycles. The maximum atomic E-state index is 11.9. The van der Waals surface area contributed by atoms with Crippen LogP contribution >= 0.6 is 0 Å². The third kappa shape index (κ3) is 6.29. The molecule has 0 aromatic heterocycles. The number of rotatable bonds is 5. The van der Waals surface area contributed by atoms with Gasteiger partial charge in [-0.05, 0) is 17.9 Å². The minimum absolute atomic E-state index is 0.0958. The van der Waals surface area contributed by atoms with Crippen LogP contribution in [-0.4, -0.2) is 23.1 Å². The highest BCUT2D eigenvalue weighted by Gasteiger charge is 2.28. The molecule has 3 N–H and O–H groups in total. The van der Waals surface area contributed by atoms with Gasteiger partial charge in [-0.2, -0.15) is 0 Å². The van der Waals surface area contributed by atoms with E-state index in [1.807, 2.05) is 52.0 Å². The predicted octanol–water partition coefficient (Wildman–Crippen LogP) is 2.68. The second kappa shape index (κ2) is 7.11. The van der Waals surface area contributed by atoms with Gasteiger partial charge < -0.3 is 15.7 Å². The number of aryl methyl sites for hydroxylation is 1. The summed E-state index contributed by atoms with van der Waals surface area (Å²) in [6, 6.07) is 7.10. The molecule has 0 aliphatic heterocycles. The molecule has 0 aliphatic rings. The van der Waals surface area contributed by atoms with Crippen LogP contribution < -0.4 is 10.6 Å². The van der Waals surface area contributed by atoms with E-state index in [1.54, 1.807) is 0 Å². The second-order valence-corrected chi connectivity index (χ2v) is 6.33. The monoisotopic (exact) mass is 292 g/mol. The molecule has 5 heteroatoms. The summed E-state index contributed by atoms with van der Waals surface area (Å²) in [7, 11) is 0. The summed E-state index contributed by atoms with van der Waals surface area (Å²) in [5.41, 5.74) is 1.85. The molecule has 1 unspecified atom stereocenters. The van der Waals surface area contributed by atoms with E-state index < -0.39 is 12.0 Å². The molecule has 0 bridgehead atoms. The van der Waals surface area contributed by atoms with Crippen molar-refractivity contribution in [3.8, 4) is 0 Å². The third-order valence-electron chi connectivity index (χ3n) is 3.30. The van der Waals surface area contributed by atoms with Gasteiger partial charge in [0.25, 0.3) is 0 Å². The van der Waals surface area contributed by atoms with Crippen LogP contribution in [0.3, 0.4) is 0 Å². The predicted molar refractivity (Wildman–Crippen MR) is 82.0 cm³/mol. The van der Waals surface area contributed by atoms with Crippen LogP contribution in [0.15, 0.2) is 24.3 Å². The quantitative estimate of drug-likeness (QED) is 0.780. The second-order valence-electron chi connectivity index (χ2n) is 6.33. The lowest BCUT2D eigenvalue weighted by Gasteiger charge is -2.30. The fourth-order valence-electron chi connectivity index (χ4n) is 1.85. The van der Waals surface area contributed by atoms with Crippen molar-refractivity contribution in [3.63, 3.8) is 0 Å². The summed E-state index contributed by atoms with van der Waals surface area (Å²) < 4.78 is 0. The molecular weight excluding hydrogens is 268 g/mol. The van der Waals surface area contributed by atoms with Crippen LogP contribution in [0.4, 0.5) is 4.79 Å². The van der Waals surface area contributed by atoms with E-state index in [2.05, 4.69) is 10.6 Å². The zero-order valence-electron chi connectivity index (χ0n) is 13.1. The van der Waals surface area contributed by atoms with Gasteiger partial charge in [0.2, 0.25) is 0 Å². The molecule has 1 aromatic rings. The SMILES string of the molecule is Cc1ccc(CNC(=O)NC(CC(=O)O)C(C)(C)C)cc1. The summed E-state index contributed by atoms with van der Waals surface area (Å²) in [6.07, 6.45) is -0.0958. The number of benzene rings is 1. The van der Waals surface area contributed by atoms with Gasteiger partial charge in [0.1, 0.15) is 0 Å². The van der Waals surface area contributed by atoms with Crippen molar-refractivity contribution < 1.29 is 14.7 Å². The molecule has 1 atom stereocenters. The first-order chi connectivity index (χ1) is 9.68.